The molecule has 3 aromatic rings. The van der Waals surface area contributed by atoms with Crippen molar-refractivity contribution in [2.75, 3.05) is 20.7 Å². The largest absolute Gasteiger partial charge is 0.497 e. The second-order valence-electron chi connectivity index (χ2n) is 6.49. The van der Waals surface area contributed by atoms with E-state index in [1.54, 1.807) is 18.2 Å². The van der Waals surface area contributed by atoms with Crippen LogP contribution in [0.15, 0.2) is 36.7 Å². The van der Waals surface area contributed by atoms with Crippen molar-refractivity contribution in [1.29, 1.82) is 0 Å². The zero-order valence-electron chi connectivity index (χ0n) is 16.9. The lowest BCUT2D eigenvalue weighted by Gasteiger charge is -2.17. The number of nitrogens with one attached hydrogen (secondary N) is 2. The number of methoxy groups -OCH3 is 1. The third-order valence-corrected chi connectivity index (χ3v) is 4.48. The molecular weight excluding hydrogens is 374 g/mol. The first-order valence-electron chi connectivity index (χ1n) is 9.17. The van der Waals surface area contributed by atoms with Crippen LogP contribution in [-0.4, -0.2) is 57.7 Å². The summed E-state index contributed by atoms with van der Waals surface area (Å²) >= 11 is 0. The molecule has 0 saturated carbocycles. The Kier molecular flexibility index (Phi) is 8.08. The van der Waals surface area contributed by atoms with Crippen LogP contribution >= 0.6 is 0 Å². The number of imidazole rings is 1. The monoisotopic (exact) mass is 401 g/mol. The Hall–Kier alpha value is -3.49. The Morgan fingerprint density at radius 2 is 2.17 bits per heavy atom. The number of carbonyl (C=O) groups excluding carboxylic acids is 1. The molecule has 0 saturated heterocycles. The molecular formula is C20H27N5O4. The number of aromatic amines is 1. The Morgan fingerprint density at radius 3 is 2.83 bits per heavy atom. The number of hydrogen-bond acceptors (Lipinski definition) is 4. The van der Waals surface area contributed by atoms with Crippen molar-refractivity contribution in [3.63, 3.8) is 0 Å². The summed E-state index contributed by atoms with van der Waals surface area (Å²) in [5.41, 5.74) is 1.99. The highest BCUT2D eigenvalue weighted by atomic mass is 16.5. The van der Waals surface area contributed by atoms with Gasteiger partial charge in [-0.15, -0.1) is 0 Å². The molecule has 0 aliphatic carbocycles. The summed E-state index contributed by atoms with van der Waals surface area (Å²) in [5.74, 6) is 1.85. The fraction of sp³-hybridized carbons (Fsp3) is 0.350. The quantitative estimate of drug-likeness (QED) is 0.526. The predicted octanol–water partition coefficient (Wildman–Crippen LogP) is 2.38. The summed E-state index contributed by atoms with van der Waals surface area (Å²) < 4.78 is 7.24. The standard InChI is InChI=1S/C19H25N5O2.CH2O2/c1-23-10-8-20-18(23)5-4-9-24(2)19(25)21-13-15-11-14-12-16(26-3)6-7-17(14)22-15;2-1-3/h6-8,10-12,22H,4-5,9,13H2,1-3H3,(H,21,25);1H,(H,2,3). The molecule has 0 aliphatic heterocycles. The molecule has 9 heteroatoms. The average molecular weight is 401 g/mol. The van der Waals surface area contributed by atoms with E-state index >= 15 is 0 Å². The highest BCUT2D eigenvalue weighted by molar-refractivity contribution is 5.82. The zero-order valence-corrected chi connectivity index (χ0v) is 16.9. The number of carboxylic acid groups (broad SMARTS) is 1. The molecule has 2 heterocycles. The minimum absolute atomic E-state index is 0.0823. The predicted molar refractivity (Wildman–Crippen MR) is 110 cm³/mol. The van der Waals surface area contributed by atoms with Crippen molar-refractivity contribution in [3.8, 4) is 5.75 Å². The number of urea groups is 1. The number of aryl methyl sites for hydroxylation is 2. The highest BCUT2D eigenvalue weighted by Gasteiger charge is 2.10. The lowest BCUT2D eigenvalue weighted by molar-refractivity contribution is -0.122. The molecule has 0 aliphatic rings. The van der Waals surface area contributed by atoms with Gasteiger partial charge in [-0.05, 0) is 30.7 Å². The van der Waals surface area contributed by atoms with Crippen molar-refractivity contribution >= 4 is 23.4 Å². The van der Waals surface area contributed by atoms with Crippen LogP contribution in [0.3, 0.4) is 0 Å². The van der Waals surface area contributed by atoms with E-state index in [9.17, 15) is 4.79 Å². The molecule has 0 atom stereocenters. The first kappa shape index (κ1) is 21.8. The number of rotatable bonds is 7. The highest BCUT2D eigenvalue weighted by Crippen LogP contribution is 2.21. The van der Waals surface area contributed by atoms with Crippen molar-refractivity contribution < 1.29 is 19.4 Å². The first-order valence-corrected chi connectivity index (χ1v) is 9.17. The third kappa shape index (κ3) is 6.27. The van der Waals surface area contributed by atoms with E-state index < -0.39 is 0 Å². The lowest BCUT2D eigenvalue weighted by atomic mass is 10.2. The summed E-state index contributed by atoms with van der Waals surface area (Å²) in [6, 6.07) is 7.81. The number of amides is 2. The van der Waals surface area contributed by atoms with Crippen LogP contribution in [0.25, 0.3) is 10.9 Å². The fourth-order valence-electron chi connectivity index (χ4n) is 2.91. The van der Waals surface area contributed by atoms with Gasteiger partial charge in [-0.25, -0.2) is 9.78 Å². The van der Waals surface area contributed by atoms with Gasteiger partial charge < -0.3 is 29.6 Å². The lowest BCUT2D eigenvalue weighted by Crippen LogP contribution is -2.37. The molecule has 156 valence electrons. The Balaban J connectivity index is 0.000000941. The second kappa shape index (κ2) is 10.7. The normalized spacial score (nSPS) is 10.2. The van der Waals surface area contributed by atoms with Gasteiger partial charge in [0.2, 0.25) is 0 Å². The van der Waals surface area contributed by atoms with Crippen LogP contribution in [0.2, 0.25) is 0 Å². The number of fused-ring (bicyclic) bond motifs is 1. The van der Waals surface area contributed by atoms with E-state index in [4.69, 9.17) is 14.6 Å². The summed E-state index contributed by atoms with van der Waals surface area (Å²) in [6.07, 6.45) is 5.45. The molecule has 3 N–H and O–H groups in total. The molecule has 2 aromatic heterocycles. The van der Waals surface area contributed by atoms with Gasteiger partial charge in [0.15, 0.2) is 0 Å². The third-order valence-electron chi connectivity index (χ3n) is 4.48. The fourth-order valence-corrected chi connectivity index (χ4v) is 2.91. The van der Waals surface area contributed by atoms with Crippen LogP contribution in [0.4, 0.5) is 4.79 Å². The van der Waals surface area contributed by atoms with E-state index in [1.165, 1.54) is 0 Å². The van der Waals surface area contributed by atoms with E-state index in [0.29, 0.717) is 13.1 Å². The molecule has 2 amide bonds. The van der Waals surface area contributed by atoms with Crippen molar-refractivity contribution in [3.05, 3.63) is 48.2 Å². The van der Waals surface area contributed by atoms with Crippen LogP contribution < -0.4 is 10.1 Å². The van der Waals surface area contributed by atoms with Gasteiger partial charge in [0.1, 0.15) is 11.6 Å². The molecule has 0 fully saturated rings. The molecule has 0 bridgehead atoms. The minimum Gasteiger partial charge on any atom is -0.497 e. The number of ether oxygens (including phenoxy) is 1. The van der Waals surface area contributed by atoms with E-state index in [2.05, 4.69) is 15.3 Å². The summed E-state index contributed by atoms with van der Waals surface area (Å²) in [7, 11) is 5.44. The number of H-pyrrole nitrogens is 1. The van der Waals surface area contributed by atoms with E-state index in [-0.39, 0.29) is 12.5 Å². The number of nitrogens with zero attached hydrogens (tertiary/aromatic N) is 3. The van der Waals surface area contributed by atoms with Crippen molar-refractivity contribution in [2.24, 2.45) is 7.05 Å². The van der Waals surface area contributed by atoms with Crippen molar-refractivity contribution in [2.45, 2.75) is 19.4 Å². The maximum atomic E-state index is 12.3. The zero-order chi connectivity index (χ0) is 21.2. The number of hydrogen-bond donors (Lipinski definition) is 3. The van der Waals surface area contributed by atoms with Gasteiger partial charge in [0.25, 0.3) is 6.47 Å². The van der Waals surface area contributed by atoms with Gasteiger partial charge >= 0.3 is 6.03 Å². The molecule has 3 rings (SSSR count). The van der Waals surface area contributed by atoms with Gasteiger partial charge in [-0.3, -0.25) is 4.79 Å². The molecule has 0 unspecified atom stereocenters. The maximum absolute atomic E-state index is 12.3. The molecule has 0 spiro atoms. The van der Waals surface area contributed by atoms with Gasteiger partial charge in [-0.2, -0.15) is 0 Å². The summed E-state index contributed by atoms with van der Waals surface area (Å²) in [6.45, 7) is 0.891. The Morgan fingerprint density at radius 1 is 1.41 bits per heavy atom. The topological polar surface area (TPSA) is 112 Å². The van der Waals surface area contributed by atoms with Gasteiger partial charge in [-0.1, -0.05) is 0 Å². The molecule has 29 heavy (non-hydrogen) atoms. The molecule has 9 nitrogen and oxygen atoms in total. The number of benzene rings is 1. The van der Waals surface area contributed by atoms with Gasteiger partial charge in [0, 0.05) is 56.1 Å². The maximum Gasteiger partial charge on any atom is 0.317 e. The van der Waals surface area contributed by atoms with Crippen LogP contribution in [-0.2, 0) is 24.8 Å². The van der Waals surface area contributed by atoms with E-state index in [1.807, 2.05) is 49.1 Å². The Labute approximate surface area is 169 Å². The van der Waals surface area contributed by atoms with Crippen LogP contribution in [0, 0.1) is 0 Å². The molecule has 0 radical (unpaired) electrons. The SMILES string of the molecule is COc1ccc2[nH]c(CNC(=O)N(C)CCCc3nccn3C)cc2c1.O=CO. The minimum atomic E-state index is -0.250. The first-order chi connectivity index (χ1) is 14.0. The summed E-state index contributed by atoms with van der Waals surface area (Å²) in [4.78, 5) is 29.9. The smallest absolute Gasteiger partial charge is 0.317 e. The molecule has 1 aromatic carbocycles. The second-order valence-corrected chi connectivity index (χ2v) is 6.49. The van der Waals surface area contributed by atoms with Gasteiger partial charge in [0.05, 0.1) is 13.7 Å². The number of carbonyl (C=O) groups is 2. The van der Waals surface area contributed by atoms with E-state index in [0.717, 1.165) is 41.0 Å². The van der Waals surface area contributed by atoms with Crippen molar-refractivity contribution in [1.82, 2.24) is 24.8 Å². The van der Waals surface area contributed by atoms with Crippen LogP contribution in [0.5, 0.6) is 5.75 Å². The average Bonchev–Trinajstić information content (AvgIpc) is 3.31. The van der Waals surface area contributed by atoms with Crippen LogP contribution in [0.1, 0.15) is 17.9 Å². The Bertz CT molecular complexity index is 934. The summed E-state index contributed by atoms with van der Waals surface area (Å²) in [5, 5.41) is 10.9. The number of aromatic nitrogens is 3.